The van der Waals surface area contributed by atoms with E-state index >= 15 is 0 Å². The minimum absolute atomic E-state index is 0. The first-order chi connectivity index (χ1) is 6.58. The van der Waals surface area contributed by atoms with Crippen LogP contribution in [0.2, 0.25) is 0 Å². The molecule has 17 heavy (non-hydrogen) atoms. The number of nitrogens with zero attached hydrogens (tertiary/aromatic N) is 4. The topological polar surface area (TPSA) is 12.5 Å². The maximum Gasteiger partial charge on any atom is 0.233 e. The maximum absolute atomic E-state index is 2.18. The molecule has 2 rings (SSSR count). The minimum atomic E-state index is 0. The van der Waals surface area contributed by atoms with E-state index in [2.05, 4.69) is 59.8 Å². The molecule has 0 aromatic rings. The molecule has 1 radical (unpaired) electrons. The van der Waals surface area contributed by atoms with Gasteiger partial charge in [-0.05, 0) is 0 Å². The second-order valence-corrected chi connectivity index (χ2v) is 4.15. The standard InChI is InChI=1S/2C5H11N2.2BrH.Cu/c2*1-6-3-4-7(2)5-6;;;/h2*5H,3-4H2,1-2H3;2*1H;/q2*+1;;;/p-2. The van der Waals surface area contributed by atoms with Crippen molar-refractivity contribution in [1.82, 2.24) is 9.80 Å². The molecule has 2 aliphatic rings. The van der Waals surface area contributed by atoms with Crippen LogP contribution in [0.1, 0.15) is 0 Å². The molecular weight excluding hydrogens is 399 g/mol. The van der Waals surface area contributed by atoms with E-state index in [9.17, 15) is 0 Å². The zero-order valence-electron chi connectivity index (χ0n) is 10.8. The monoisotopic (exact) mass is 419 g/mol. The van der Waals surface area contributed by atoms with Crippen molar-refractivity contribution in [1.29, 1.82) is 0 Å². The van der Waals surface area contributed by atoms with Crippen molar-refractivity contribution in [2.24, 2.45) is 0 Å². The van der Waals surface area contributed by atoms with E-state index in [1.54, 1.807) is 0 Å². The van der Waals surface area contributed by atoms with Crippen molar-refractivity contribution in [3.05, 3.63) is 0 Å². The molecule has 0 aromatic heterocycles. The molecule has 7 heteroatoms. The molecule has 0 saturated heterocycles. The van der Waals surface area contributed by atoms with Crippen LogP contribution in [0.25, 0.3) is 0 Å². The summed E-state index contributed by atoms with van der Waals surface area (Å²) in [5, 5.41) is 0. The number of hydrogen-bond acceptors (Lipinski definition) is 2. The summed E-state index contributed by atoms with van der Waals surface area (Å²) in [6.07, 6.45) is 4.22. The van der Waals surface area contributed by atoms with Crippen molar-refractivity contribution in [3.8, 4) is 0 Å². The summed E-state index contributed by atoms with van der Waals surface area (Å²) in [6, 6.07) is 0. The smallest absolute Gasteiger partial charge is 0.233 e. The van der Waals surface area contributed by atoms with Gasteiger partial charge in [-0.3, -0.25) is 19.0 Å². The predicted molar refractivity (Wildman–Crippen MR) is 59.5 cm³/mol. The molecule has 0 bridgehead atoms. The largest absolute Gasteiger partial charge is 1.00 e. The minimum Gasteiger partial charge on any atom is -1.00 e. The van der Waals surface area contributed by atoms with Gasteiger partial charge in [-0.2, -0.15) is 0 Å². The Morgan fingerprint density at radius 3 is 1.18 bits per heavy atom. The second-order valence-electron chi connectivity index (χ2n) is 4.15. The molecule has 0 aliphatic carbocycles. The summed E-state index contributed by atoms with van der Waals surface area (Å²) in [6.45, 7) is 4.71. The molecule has 0 N–H and O–H groups in total. The molecule has 0 atom stereocenters. The molecule has 107 valence electrons. The summed E-state index contributed by atoms with van der Waals surface area (Å²) in [4.78, 5) is 4.36. The summed E-state index contributed by atoms with van der Waals surface area (Å²) >= 11 is 0. The van der Waals surface area contributed by atoms with Crippen LogP contribution >= 0.6 is 0 Å². The van der Waals surface area contributed by atoms with Crippen molar-refractivity contribution >= 4 is 12.7 Å². The molecule has 4 nitrogen and oxygen atoms in total. The first kappa shape index (κ1) is 22.6. The Morgan fingerprint density at radius 1 is 0.824 bits per heavy atom. The van der Waals surface area contributed by atoms with Gasteiger partial charge in [-0.15, -0.1) is 0 Å². The van der Waals surface area contributed by atoms with E-state index in [-0.39, 0.29) is 51.0 Å². The van der Waals surface area contributed by atoms with Gasteiger partial charge in [0.15, 0.2) is 0 Å². The van der Waals surface area contributed by atoms with Crippen LogP contribution < -0.4 is 34.0 Å². The van der Waals surface area contributed by atoms with Crippen molar-refractivity contribution in [2.75, 3.05) is 54.4 Å². The summed E-state index contributed by atoms with van der Waals surface area (Å²) in [5.41, 5.74) is 0. The van der Waals surface area contributed by atoms with Crippen LogP contribution in [0.4, 0.5) is 0 Å². The second kappa shape index (κ2) is 11.5. The van der Waals surface area contributed by atoms with E-state index in [0.29, 0.717) is 0 Å². The fourth-order valence-corrected chi connectivity index (χ4v) is 1.53. The number of hydrogen-bond donors (Lipinski definition) is 0. The fraction of sp³-hybridized carbons (Fsp3) is 0.800. The van der Waals surface area contributed by atoms with Gasteiger partial charge >= 0.3 is 0 Å². The molecule has 2 heterocycles. The maximum atomic E-state index is 2.18. The number of rotatable bonds is 0. The molecule has 0 fully saturated rings. The van der Waals surface area contributed by atoms with Gasteiger partial charge in [-0.25, -0.2) is 0 Å². The average molecular weight is 422 g/mol. The third-order valence-electron chi connectivity index (χ3n) is 2.40. The summed E-state index contributed by atoms with van der Waals surface area (Å²) < 4.78 is 4.36. The van der Waals surface area contributed by atoms with Crippen molar-refractivity contribution in [3.63, 3.8) is 0 Å². The van der Waals surface area contributed by atoms with E-state index in [1.807, 2.05) is 0 Å². The number of likely N-dealkylation sites (N-methyl/N-ethyl adjacent to an activating group) is 4. The number of halogens is 2. The van der Waals surface area contributed by atoms with E-state index in [0.717, 1.165) is 0 Å². The van der Waals surface area contributed by atoms with E-state index in [1.165, 1.54) is 26.2 Å². The van der Waals surface area contributed by atoms with Crippen LogP contribution in [0.5, 0.6) is 0 Å². The molecular formula is C10H22Br2CuN4. The Kier molecular flexibility index (Phi) is 15.3. The van der Waals surface area contributed by atoms with Gasteiger partial charge in [0.2, 0.25) is 12.7 Å². The molecule has 0 amide bonds. The Hall–Kier alpha value is 0.419. The Bertz CT molecular complexity index is 233. The van der Waals surface area contributed by atoms with Crippen LogP contribution in [-0.4, -0.2) is 86.0 Å². The quantitative estimate of drug-likeness (QED) is 0.285. The van der Waals surface area contributed by atoms with Gasteiger partial charge in [-0.1, -0.05) is 0 Å². The predicted octanol–water partition coefficient (Wildman–Crippen LogP) is -6.79. The van der Waals surface area contributed by atoms with Crippen LogP contribution in [0.3, 0.4) is 0 Å². The summed E-state index contributed by atoms with van der Waals surface area (Å²) in [5.74, 6) is 0. The zero-order valence-corrected chi connectivity index (χ0v) is 14.9. The Morgan fingerprint density at radius 2 is 1.12 bits per heavy atom. The van der Waals surface area contributed by atoms with Crippen molar-refractivity contribution in [2.45, 2.75) is 0 Å². The average Bonchev–Trinajstić information content (AvgIpc) is 2.63. The van der Waals surface area contributed by atoms with Gasteiger partial charge in [0.25, 0.3) is 0 Å². The molecule has 0 unspecified atom stereocenters. The Balaban J connectivity index is -0.000000196. The van der Waals surface area contributed by atoms with Gasteiger partial charge in [0.1, 0.15) is 26.2 Å². The first-order valence-corrected chi connectivity index (χ1v) is 5.09. The van der Waals surface area contributed by atoms with Crippen LogP contribution in [0, 0.1) is 0 Å². The molecule has 0 saturated carbocycles. The van der Waals surface area contributed by atoms with Gasteiger partial charge in [0.05, 0.1) is 28.2 Å². The first-order valence-electron chi connectivity index (χ1n) is 5.09. The zero-order chi connectivity index (χ0) is 10.6. The molecule has 2 aliphatic heterocycles. The normalized spacial score (nSPS) is 16.7. The SMILES string of the molecule is CN1C=[N+](C)CC1.CN1C=[N+](C)CC1.[Br-].[Br-].[Cu]. The third-order valence-corrected chi connectivity index (χ3v) is 2.40. The fourth-order valence-electron chi connectivity index (χ4n) is 1.53. The van der Waals surface area contributed by atoms with Crippen molar-refractivity contribution < 1.29 is 60.2 Å². The van der Waals surface area contributed by atoms with E-state index < -0.39 is 0 Å². The van der Waals surface area contributed by atoms with Gasteiger partial charge in [0, 0.05) is 17.1 Å². The summed E-state index contributed by atoms with van der Waals surface area (Å²) in [7, 11) is 8.35. The third kappa shape index (κ3) is 10.1. The molecule has 0 aromatic carbocycles. The molecule has 0 spiro atoms. The van der Waals surface area contributed by atoms with Gasteiger partial charge < -0.3 is 34.0 Å². The van der Waals surface area contributed by atoms with E-state index in [4.69, 9.17) is 0 Å². The van der Waals surface area contributed by atoms with Crippen LogP contribution in [-0.2, 0) is 17.1 Å². The Labute approximate surface area is 136 Å². The van der Waals surface area contributed by atoms with Crippen LogP contribution in [0.15, 0.2) is 0 Å².